The van der Waals surface area contributed by atoms with E-state index in [1.54, 1.807) is 19.3 Å². The number of aliphatic imine (C=N–C) groups is 1. The summed E-state index contributed by atoms with van der Waals surface area (Å²) in [4.78, 5) is 4.21. The second-order valence-corrected chi connectivity index (χ2v) is 8.14. The van der Waals surface area contributed by atoms with Gasteiger partial charge in [-0.2, -0.15) is 0 Å². The van der Waals surface area contributed by atoms with E-state index in [2.05, 4.69) is 32.3 Å². The van der Waals surface area contributed by atoms with Gasteiger partial charge in [-0.25, -0.2) is 0 Å². The molecule has 0 amide bonds. The summed E-state index contributed by atoms with van der Waals surface area (Å²) in [5, 5.41) is 28.6. The van der Waals surface area contributed by atoms with Gasteiger partial charge in [-0.1, -0.05) is 19.9 Å². The smallest absolute Gasteiger partial charge is 0.123 e. The van der Waals surface area contributed by atoms with Gasteiger partial charge in [0.05, 0.1) is 11.4 Å². The van der Waals surface area contributed by atoms with Crippen LogP contribution < -0.4 is 27.0 Å². The van der Waals surface area contributed by atoms with Crippen molar-refractivity contribution in [1.82, 2.24) is 21.3 Å². The minimum Gasteiger partial charge on any atom is -0.401 e. The Morgan fingerprint density at radius 2 is 2.09 bits per heavy atom. The van der Waals surface area contributed by atoms with Crippen LogP contribution in [-0.4, -0.2) is 31.9 Å². The summed E-state index contributed by atoms with van der Waals surface area (Å²) in [7, 11) is 1.73. The zero-order valence-corrected chi connectivity index (χ0v) is 19.3. The van der Waals surface area contributed by atoms with Crippen molar-refractivity contribution in [3.8, 4) is 0 Å². The Kier molecular flexibility index (Phi) is 7.86. The van der Waals surface area contributed by atoms with Crippen LogP contribution in [-0.2, 0) is 0 Å². The minimum absolute atomic E-state index is 0.175. The molecule has 0 aliphatic carbocycles. The highest BCUT2D eigenvalue weighted by molar-refractivity contribution is 5.97. The van der Waals surface area contributed by atoms with Gasteiger partial charge >= 0.3 is 0 Å². The van der Waals surface area contributed by atoms with Crippen LogP contribution in [0.5, 0.6) is 0 Å². The molecule has 0 atom stereocenters. The fraction of sp³-hybridized carbons (Fsp3) is 0.240. The zero-order chi connectivity index (χ0) is 23.8. The van der Waals surface area contributed by atoms with Crippen LogP contribution in [0.15, 0.2) is 99.1 Å². The number of allylic oxidation sites excluding steroid dienone is 9. The van der Waals surface area contributed by atoms with Crippen molar-refractivity contribution >= 4 is 18.3 Å². The Morgan fingerprint density at radius 3 is 2.76 bits per heavy atom. The first-order chi connectivity index (χ1) is 15.9. The van der Waals surface area contributed by atoms with Crippen LogP contribution in [0.4, 0.5) is 0 Å². The SMILES string of the molecule is CN=CC(C1=CNC2=CC=C(NC(=N)C=C(C=N)C(C)C)NC2=C1)=C(N)CC1=CC=CNC1. The summed E-state index contributed by atoms with van der Waals surface area (Å²) >= 11 is 0. The van der Waals surface area contributed by atoms with Gasteiger partial charge in [-0.3, -0.25) is 10.4 Å². The Hall–Kier alpha value is -4.07. The van der Waals surface area contributed by atoms with Crippen molar-refractivity contribution in [2.45, 2.75) is 20.3 Å². The largest absolute Gasteiger partial charge is 0.401 e. The molecule has 0 saturated carbocycles. The maximum absolute atomic E-state index is 8.23. The molecule has 3 rings (SSSR count). The molecule has 0 fully saturated rings. The Morgan fingerprint density at radius 1 is 1.27 bits per heavy atom. The molecule has 8 nitrogen and oxygen atoms in total. The van der Waals surface area contributed by atoms with Gasteiger partial charge in [0.25, 0.3) is 0 Å². The van der Waals surface area contributed by atoms with Crippen molar-refractivity contribution in [1.29, 1.82) is 10.8 Å². The summed E-state index contributed by atoms with van der Waals surface area (Å²) in [6, 6.07) is 0. The van der Waals surface area contributed by atoms with E-state index in [-0.39, 0.29) is 11.8 Å². The number of amidine groups is 1. The first-order valence-corrected chi connectivity index (χ1v) is 10.9. The molecule has 0 aromatic heterocycles. The average Bonchev–Trinajstić information content (AvgIpc) is 2.81. The lowest BCUT2D eigenvalue weighted by Gasteiger charge is -2.25. The molecule has 3 heterocycles. The van der Waals surface area contributed by atoms with E-state index in [1.807, 2.05) is 50.6 Å². The Bertz CT molecular complexity index is 1090. The second kappa shape index (κ2) is 11.0. The zero-order valence-electron chi connectivity index (χ0n) is 19.3. The lowest BCUT2D eigenvalue weighted by atomic mass is 9.97. The number of fused-ring (bicyclic) bond motifs is 1. The highest BCUT2D eigenvalue weighted by Crippen LogP contribution is 2.24. The van der Waals surface area contributed by atoms with Crippen LogP contribution in [0.1, 0.15) is 20.3 Å². The molecule has 33 heavy (non-hydrogen) atoms. The summed E-state index contributed by atoms with van der Waals surface area (Å²) in [5.74, 6) is 1.06. The van der Waals surface area contributed by atoms with Crippen LogP contribution in [0.25, 0.3) is 0 Å². The van der Waals surface area contributed by atoms with Gasteiger partial charge in [0.15, 0.2) is 0 Å². The summed E-state index contributed by atoms with van der Waals surface area (Å²) in [6.45, 7) is 4.77. The van der Waals surface area contributed by atoms with Crippen molar-refractivity contribution in [3.63, 3.8) is 0 Å². The van der Waals surface area contributed by atoms with Crippen molar-refractivity contribution in [2.24, 2.45) is 16.6 Å². The van der Waals surface area contributed by atoms with E-state index in [0.717, 1.165) is 40.4 Å². The van der Waals surface area contributed by atoms with E-state index in [0.29, 0.717) is 12.2 Å². The maximum atomic E-state index is 8.23. The fourth-order valence-electron chi connectivity index (χ4n) is 3.49. The quantitative estimate of drug-likeness (QED) is 0.228. The number of hydrogen-bond donors (Lipinski definition) is 7. The highest BCUT2D eigenvalue weighted by atomic mass is 15.1. The van der Waals surface area contributed by atoms with E-state index in [1.165, 1.54) is 11.8 Å². The molecule has 0 radical (unpaired) electrons. The van der Waals surface area contributed by atoms with Crippen LogP contribution >= 0.6 is 0 Å². The summed E-state index contributed by atoms with van der Waals surface area (Å²) < 4.78 is 0. The predicted octanol–water partition coefficient (Wildman–Crippen LogP) is 2.83. The molecule has 8 N–H and O–H groups in total. The summed E-state index contributed by atoms with van der Waals surface area (Å²) in [6.07, 6.45) is 19.1. The maximum Gasteiger partial charge on any atom is 0.123 e. The van der Waals surface area contributed by atoms with Gasteiger partial charge in [0.2, 0.25) is 0 Å². The predicted molar refractivity (Wildman–Crippen MR) is 137 cm³/mol. The first kappa shape index (κ1) is 23.6. The van der Waals surface area contributed by atoms with Crippen molar-refractivity contribution in [3.05, 3.63) is 94.1 Å². The molecular weight excluding hydrogens is 412 g/mol. The van der Waals surface area contributed by atoms with Crippen molar-refractivity contribution < 1.29 is 0 Å². The molecule has 0 saturated heterocycles. The second-order valence-electron chi connectivity index (χ2n) is 8.14. The normalized spacial score (nSPS) is 18.4. The first-order valence-electron chi connectivity index (χ1n) is 10.9. The Labute approximate surface area is 195 Å². The lowest BCUT2D eigenvalue weighted by Crippen LogP contribution is -2.35. The van der Waals surface area contributed by atoms with E-state index < -0.39 is 0 Å². The number of nitrogens with one attached hydrogen (secondary N) is 6. The van der Waals surface area contributed by atoms with E-state index in [9.17, 15) is 0 Å². The molecule has 3 aliphatic heterocycles. The van der Waals surface area contributed by atoms with Crippen LogP contribution in [0.2, 0.25) is 0 Å². The van der Waals surface area contributed by atoms with Gasteiger partial charge < -0.3 is 32.4 Å². The Balaban J connectivity index is 1.78. The number of nitrogens with two attached hydrogens (primary N) is 1. The van der Waals surface area contributed by atoms with Crippen LogP contribution in [0, 0.1) is 16.7 Å². The molecule has 0 aromatic rings. The van der Waals surface area contributed by atoms with E-state index >= 15 is 0 Å². The molecule has 8 heteroatoms. The van der Waals surface area contributed by atoms with Gasteiger partial charge in [-0.05, 0) is 53.6 Å². The van der Waals surface area contributed by atoms with Gasteiger partial charge in [0, 0.05) is 55.5 Å². The standard InChI is InChI=1S/C25H32N8/c1-16(2)18(12-26)11-24(28)33-25-7-6-22-23(32-25)10-19(14-31-22)20(15-29-3)21(27)9-17-5-4-8-30-13-17/h4-8,10-12,14-16,26,30-32H,9,13,27H2,1-3H3,(H2,28,33). The van der Waals surface area contributed by atoms with Gasteiger partial charge in [0.1, 0.15) is 11.7 Å². The van der Waals surface area contributed by atoms with E-state index in [4.69, 9.17) is 16.6 Å². The molecule has 0 bridgehead atoms. The number of hydrogen-bond acceptors (Lipinski definition) is 7. The minimum atomic E-state index is 0.175. The van der Waals surface area contributed by atoms with Crippen LogP contribution in [0.3, 0.4) is 0 Å². The third kappa shape index (κ3) is 6.22. The lowest BCUT2D eigenvalue weighted by molar-refractivity contribution is 0.804. The molecule has 3 aliphatic rings. The number of rotatable bonds is 8. The van der Waals surface area contributed by atoms with Crippen molar-refractivity contribution in [2.75, 3.05) is 13.6 Å². The molecule has 0 aromatic carbocycles. The molecule has 0 unspecified atom stereocenters. The fourth-order valence-corrected chi connectivity index (χ4v) is 3.49. The number of nitrogens with zero attached hydrogens (tertiary/aromatic N) is 1. The third-order valence-electron chi connectivity index (χ3n) is 5.28. The number of dihydropyridines is 3. The van der Waals surface area contributed by atoms with Gasteiger partial charge in [-0.15, -0.1) is 0 Å². The molecule has 172 valence electrons. The topological polar surface area (TPSA) is 134 Å². The third-order valence-corrected chi connectivity index (χ3v) is 5.28. The molecule has 0 spiro atoms. The average molecular weight is 445 g/mol. The monoisotopic (exact) mass is 444 g/mol. The summed E-state index contributed by atoms with van der Waals surface area (Å²) in [5.41, 5.74) is 12.8. The highest BCUT2D eigenvalue weighted by Gasteiger charge is 2.18. The molecular formula is C25H32N8.